The summed E-state index contributed by atoms with van der Waals surface area (Å²) >= 11 is 0. The van der Waals surface area contributed by atoms with Crippen molar-refractivity contribution in [2.75, 3.05) is 0 Å². The van der Waals surface area contributed by atoms with E-state index >= 15 is 0 Å². The quantitative estimate of drug-likeness (QED) is 0.388. The number of hydrogen-bond donors (Lipinski definition) is 0. The Kier molecular flexibility index (Phi) is 70.6. The third-order valence-electron chi connectivity index (χ3n) is 0. The van der Waals surface area contributed by atoms with Gasteiger partial charge in [0.15, 0.2) is 0 Å². The minimum Gasteiger partial charge on any atom is -0.652 e. The Bertz CT molecular complexity index is 121. The van der Waals surface area contributed by atoms with Gasteiger partial charge in [0.25, 0.3) is 0 Å². The predicted octanol–water partition coefficient (Wildman–Crippen LogP) is -8.48. The fraction of sp³-hybridized carbons (Fsp3) is 0. The summed E-state index contributed by atoms with van der Waals surface area (Å²) in [5, 5.41) is 50.0. The first-order valence-corrected chi connectivity index (χ1v) is 1.84. The van der Waals surface area contributed by atoms with Gasteiger partial charge in [0.05, 0.1) is 0 Å². The van der Waals surface area contributed by atoms with Gasteiger partial charge in [-0.05, 0) is 18.5 Å². The molecule has 0 N–H and O–H groups in total. The maximum absolute atomic E-state index is 8.33. The summed E-state index contributed by atoms with van der Waals surface area (Å²) < 4.78 is 0. The van der Waals surface area contributed by atoms with Crippen molar-refractivity contribution < 1.29 is 45.0 Å². The Morgan fingerprint density at radius 1 is 0.533 bits per heavy atom. The molecular formula is C3Ca2MgO9. The third-order valence-corrected chi connectivity index (χ3v) is 0. The van der Waals surface area contributed by atoms with Gasteiger partial charge < -0.3 is 45.0 Å². The molecule has 0 fully saturated rings. The average Bonchev–Trinajstić information content (AvgIpc) is 1.54. The topological polar surface area (TPSA) is 190 Å². The van der Waals surface area contributed by atoms with Crippen LogP contribution in [0.1, 0.15) is 0 Å². The summed E-state index contributed by atoms with van der Waals surface area (Å²) in [6.07, 6.45) is -7.00. The molecule has 0 aliphatic rings. The van der Waals surface area contributed by atoms with Crippen LogP contribution in [0.5, 0.6) is 0 Å². The van der Waals surface area contributed by atoms with E-state index in [1.54, 1.807) is 0 Å². The normalized spacial score (nSPS) is 4.80. The number of hydrogen-bond acceptors (Lipinski definition) is 9. The number of carboxylic acid groups (broad SMARTS) is 6. The van der Waals surface area contributed by atoms with Crippen molar-refractivity contribution in [3.63, 3.8) is 0 Å². The fourth-order valence-electron chi connectivity index (χ4n) is 0. The molecule has 0 aliphatic carbocycles. The molecule has 0 bridgehead atoms. The van der Waals surface area contributed by atoms with E-state index < -0.39 is 18.5 Å². The van der Waals surface area contributed by atoms with Crippen LogP contribution in [0.3, 0.4) is 0 Å². The zero-order valence-electron chi connectivity index (χ0n) is 7.30. The van der Waals surface area contributed by atoms with E-state index in [0.29, 0.717) is 0 Å². The molecule has 0 heterocycles. The Balaban J connectivity index is -0.0000000184. The maximum Gasteiger partial charge on any atom is 2.00 e. The molecule has 0 aromatic heterocycles. The van der Waals surface area contributed by atoms with Crippen molar-refractivity contribution in [3.05, 3.63) is 0 Å². The minimum absolute atomic E-state index is 0. The third kappa shape index (κ3) is 2160. The fourth-order valence-corrected chi connectivity index (χ4v) is 0. The van der Waals surface area contributed by atoms with E-state index in [1.807, 2.05) is 0 Å². The number of carbonyl (C=O) groups excluding carboxylic acids is 3. The smallest absolute Gasteiger partial charge is 0.652 e. The molecule has 0 aliphatic heterocycles. The van der Waals surface area contributed by atoms with Gasteiger partial charge in [0.2, 0.25) is 0 Å². The van der Waals surface area contributed by atoms with Gasteiger partial charge in [-0.15, -0.1) is 0 Å². The molecule has 0 radical (unpaired) electrons. The molecule has 0 unspecified atom stereocenters. The second kappa shape index (κ2) is 29.4. The molecule has 0 saturated carbocycles. The van der Waals surface area contributed by atoms with E-state index in [9.17, 15) is 0 Å². The molecular weight excluding hydrogens is 284 g/mol. The summed E-state index contributed by atoms with van der Waals surface area (Å²) in [7, 11) is 0. The van der Waals surface area contributed by atoms with Crippen LogP contribution in [-0.2, 0) is 0 Å². The molecule has 0 aromatic carbocycles. The predicted molar refractivity (Wildman–Crippen MR) is 33.4 cm³/mol. The summed E-state index contributed by atoms with van der Waals surface area (Å²) in [5.74, 6) is 0. The molecule has 0 rings (SSSR count). The Hall–Kier alpha value is 1.10. The molecule has 0 aromatic rings. The van der Waals surface area contributed by atoms with E-state index in [2.05, 4.69) is 0 Å². The van der Waals surface area contributed by atoms with E-state index in [-0.39, 0.29) is 98.5 Å². The zero-order valence-corrected chi connectivity index (χ0v) is 13.1. The van der Waals surface area contributed by atoms with Gasteiger partial charge in [-0.25, -0.2) is 0 Å². The Labute approximate surface area is 159 Å². The van der Waals surface area contributed by atoms with Crippen LogP contribution in [0.15, 0.2) is 0 Å². The van der Waals surface area contributed by atoms with Crippen LogP contribution >= 0.6 is 0 Å². The molecule has 0 amide bonds. The van der Waals surface area contributed by atoms with Gasteiger partial charge in [-0.2, -0.15) is 0 Å². The summed E-state index contributed by atoms with van der Waals surface area (Å²) in [5.41, 5.74) is 0. The first kappa shape index (κ1) is 36.0. The standard InChI is InChI=1S/3CH2O3.2Ca.Mg/c3*2-1(3)4;;;/h3*(H2,2,3,4);;;/q;;;3*+2/p-6. The summed E-state index contributed by atoms with van der Waals surface area (Å²) in [4.78, 5) is 25.0. The Morgan fingerprint density at radius 2 is 0.533 bits per heavy atom. The molecule has 0 spiro atoms. The van der Waals surface area contributed by atoms with Crippen molar-refractivity contribution in [1.29, 1.82) is 0 Å². The summed E-state index contributed by atoms with van der Waals surface area (Å²) in [6.45, 7) is 0. The number of rotatable bonds is 0. The molecule has 0 saturated heterocycles. The largest absolute Gasteiger partial charge is 2.00 e. The van der Waals surface area contributed by atoms with Gasteiger partial charge in [0, 0.05) is 0 Å². The van der Waals surface area contributed by atoms with Gasteiger partial charge in [-0.1, -0.05) is 0 Å². The van der Waals surface area contributed by atoms with Crippen molar-refractivity contribution in [2.45, 2.75) is 0 Å². The molecule has 0 atom stereocenters. The van der Waals surface area contributed by atoms with Crippen molar-refractivity contribution in [2.24, 2.45) is 0 Å². The van der Waals surface area contributed by atoms with Gasteiger partial charge in [-0.3, -0.25) is 0 Å². The minimum atomic E-state index is -2.33. The monoisotopic (exact) mass is 284 g/mol. The van der Waals surface area contributed by atoms with E-state index in [0.717, 1.165) is 0 Å². The molecule has 72 valence electrons. The summed E-state index contributed by atoms with van der Waals surface area (Å²) in [6, 6.07) is 0. The van der Waals surface area contributed by atoms with Crippen molar-refractivity contribution >= 4 is 117 Å². The molecule has 9 nitrogen and oxygen atoms in total. The van der Waals surface area contributed by atoms with Crippen LogP contribution in [0.2, 0.25) is 0 Å². The van der Waals surface area contributed by atoms with E-state index in [1.165, 1.54) is 0 Å². The van der Waals surface area contributed by atoms with Crippen LogP contribution in [0.4, 0.5) is 14.4 Å². The van der Waals surface area contributed by atoms with E-state index in [4.69, 9.17) is 45.0 Å². The van der Waals surface area contributed by atoms with Crippen LogP contribution < -0.4 is 30.6 Å². The maximum atomic E-state index is 8.33. The van der Waals surface area contributed by atoms with Crippen LogP contribution in [0.25, 0.3) is 0 Å². The van der Waals surface area contributed by atoms with Gasteiger partial charge >= 0.3 is 98.5 Å². The van der Waals surface area contributed by atoms with Gasteiger partial charge in [0.1, 0.15) is 0 Å². The molecule has 12 heteroatoms. The second-order valence-electron chi connectivity index (χ2n) is 0.750. The number of carbonyl (C=O) groups is 3. The SMILES string of the molecule is O=C([O-])[O-].O=C([O-])[O-].O=C([O-])[O-].[Ca+2].[Ca+2].[Mg+2]. The average molecular weight is 284 g/mol. The molecule has 15 heavy (non-hydrogen) atoms. The van der Waals surface area contributed by atoms with Crippen molar-refractivity contribution in [1.82, 2.24) is 0 Å². The van der Waals surface area contributed by atoms with Crippen molar-refractivity contribution in [3.8, 4) is 0 Å². The second-order valence-corrected chi connectivity index (χ2v) is 0.750. The first-order chi connectivity index (χ1) is 5.20. The van der Waals surface area contributed by atoms with Crippen LogP contribution in [-0.4, -0.2) is 117 Å². The Morgan fingerprint density at radius 3 is 0.533 bits per heavy atom. The first-order valence-electron chi connectivity index (χ1n) is 1.84. The zero-order chi connectivity index (χ0) is 10.7. The van der Waals surface area contributed by atoms with Crippen LogP contribution in [0, 0.1) is 0 Å².